The highest BCUT2D eigenvalue weighted by atomic mass is 19.1. The zero-order valence-corrected chi connectivity index (χ0v) is 12.8. The molecule has 2 aliphatic rings. The molecule has 2 heteroatoms. The van der Waals surface area contributed by atoms with Crippen molar-refractivity contribution >= 4 is 0 Å². The van der Waals surface area contributed by atoms with Crippen molar-refractivity contribution in [2.24, 2.45) is 11.3 Å². The smallest absolute Gasteiger partial charge is 0.165 e. The molecule has 110 valence electrons. The van der Waals surface area contributed by atoms with Gasteiger partial charge in [0.25, 0.3) is 0 Å². The van der Waals surface area contributed by atoms with Gasteiger partial charge < -0.3 is 4.74 Å². The summed E-state index contributed by atoms with van der Waals surface area (Å²) >= 11 is 0. The van der Waals surface area contributed by atoms with Gasteiger partial charge in [0.1, 0.15) is 0 Å². The second kappa shape index (κ2) is 5.05. The number of benzene rings is 1. The predicted molar refractivity (Wildman–Crippen MR) is 79.8 cm³/mol. The maximum atomic E-state index is 14.1. The van der Waals surface area contributed by atoms with Crippen LogP contribution in [-0.4, -0.2) is 6.61 Å². The largest absolute Gasteiger partial charge is 0.490 e. The molecule has 0 saturated heterocycles. The van der Waals surface area contributed by atoms with Crippen molar-refractivity contribution in [2.75, 3.05) is 6.61 Å². The fourth-order valence-electron chi connectivity index (χ4n) is 3.38. The van der Waals surface area contributed by atoms with Crippen LogP contribution < -0.4 is 4.74 Å². The third-order valence-electron chi connectivity index (χ3n) is 4.75. The van der Waals surface area contributed by atoms with Crippen molar-refractivity contribution in [2.45, 2.75) is 58.8 Å². The third-order valence-corrected chi connectivity index (χ3v) is 4.75. The first-order chi connectivity index (χ1) is 9.47. The Morgan fingerprint density at radius 1 is 1.20 bits per heavy atom. The van der Waals surface area contributed by atoms with E-state index in [4.69, 9.17) is 4.74 Å². The summed E-state index contributed by atoms with van der Waals surface area (Å²) in [6.45, 7) is 7.52. The molecule has 0 bridgehead atoms. The lowest BCUT2D eigenvalue weighted by molar-refractivity contribution is 0.266. The van der Waals surface area contributed by atoms with Crippen molar-refractivity contribution in [1.82, 2.24) is 0 Å². The Hall–Kier alpha value is -1.05. The number of hydrogen-bond donors (Lipinski definition) is 0. The van der Waals surface area contributed by atoms with Gasteiger partial charge in [0.05, 0.1) is 6.61 Å². The minimum absolute atomic E-state index is 0.182. The molecule has 3 rings (SSSR count). The number of hydrogen-bond acceptors (Lipinski definition) is 1. The van der Waals surface area contributed by atoms with Crippen LogP contribution in [0.2, 0.25) is 0 Å². The van der Waals surface area contributed by atoms with Crippen LogP contribution in [0.15, 0.2) is 12.1 Å². The van der Waals surface area contributed by atoms with E-state index in [1.807, 2.05) is 6.07 Å². The summed E-state index contributed by atoms with van der Waals surface area (Å²) in [5.74, 6) is 1.53. The lowest BCUT2D eigenvalue weighted by atomic mass is 9.69. The van der Waals surface area contributed by atoms with Gasteiger partial charge in [0.2, 0.25) is 0 Å². The highest BCUT2D eigenvalue weighted by molar-refractivity contribution is 5.45. The maximum Gasteiger partial charge on any atom is 0.165 e. The van der Waals surface area contributed by atoms with Gasteiger partial charge in [-0.25, -0.2) is 4.39 Å². The minimum atomic E-state index is -0.182. The third kappa shape index (κ3) is 2.70. The zero-order chi connectivity index (χ0) is 14.3. The standard InChI is InChI=1S/C18H25FO/c1-18(2,3)15-6-4-5-14-13(15)9-10-16(19)17(14)20-11-12-7-8-12/h9-10,12,15H,4-8,11H2,1-3H3/t15-/m0/s1. The SMILES string of the molecule is CC(C)(C)[C@H]1CCCc2c1ccc(F)c2OCC1CC1. The van der Waals surface area contributed by atoms with E-state index in [1.165, 1.54) is 24.8 Å². The summed E-state index contributed by atoms with van der Waals surface area (Å²) in [6.07, 6.45) is 5.77. The van der Waals surface area contributed by atoms with Crippen LogP contribution in [0.3, 0.4) is 0 Å². The molecule has 1 nitrogen and oxygen atoms in total. The summed E-state index contributed by atoms with van der Waals surface area (Å²) in [5, 5.41) is 0. The first kappa shape index (κ1) is 13.9. The van der Waals surface area contributed by atoms with Crippen LogP contribution >= 0.6 is 0 Å². The van der Waals surface area contributed by atoms with Crippen molar-refractivity contribution in [3.8, 4) is 5.75 Å². The number of fused-ring (bicyclic) bond motifs is 1. The van der Waals surface area contributed by atoms with Gasteiger partial charge in [-0.15, -0.1) is 0 Å². The molecule has 1 fully saturated rings. The Bertz CT molecular complexity index is 497. The topological polar surface area (TPSA) is 9.23 Å². The molecular formula is C18H25FO. The monoisotopic (exact) mass is 276 g/mol. The summed E-state index contributed by atoms with van der Waals surface area (Å²) in [6, 6.07) is 3.59. The van der Waals surface area contributed by atoms with E-state index >= 15 is 0 Å². The molecular weight excluding hydrogens is 251 g/mol. The van der Waals surface area contributed by atoms with Crippen LogP contribution in [0, 0.1) is 17.2 Å². The fraction of sp³-hybridized carbons (Fsp3) is 0.667. The van der Waals surface area contributed by atoms with Crippen molar-refractivity contribution < 1.29 is 9.13 Å². The first-order valence-electron chi connectivity index (χ1n) is 7.91. The van der Waals surface area contributed by atoms with E-state index in [2.05, 4.69) is 20.8 Å². The van der Waals surface area contributed by atoms with Crippen LogP contribution in [-0.2, 0) is 6.42 Å². The van der Waals surface area contributed by atoms with Crippen molar-refractivity contribution in [3.63, 3.8) is 0 Å². The van der Waals surface area contributed by atoms with E-state index in [0.717, 1.165) is 18.4 Å². The fourth-order valence-corrected chi connectivity index (χ4v) is 3.38. The van der Waals surface area contributed by atoms with Crippen molar-refractivity contribution in [1.29, 1.82) is 0 Å². The molecule has 0 radical (unpaired) electrons. The minimum Gasteiger partial charge on any atom is -0.490 e. The van der Waals surface area contributed by atoms with Crippen LogP contribution in [0.1, 0.15) is 63.5 Å². The van der Waals surface area contributed by atoms with E-state index in [1.54, 1.807) is 6.07 Å². The highest BCUT2D eigenvalue weighted by Gasteiger charge is 2.33. The molecule has 0 aromatic heterocycles. The van der Waals surface area contributed by atoms with Crippen LogP contribution in [0.25, 0.3) is 0 Å². The Labute approximate surface area is 121 Å². The van der Waals surface area contributed by atoms with Gasteiger partial charge in [-0.1, -0.05) is 26.8 Å². The van der Waals surface area contributed by atoms with Gasteiger partial charge in [-0.3, -0.25) is 0 Å². The number of rotatable bonds is 3. The lowest BCUT2D eigenvalue weighted by Crippen LogP contribution is -2.23. The lowest BCUT2D eigenvalue weighted by Gasteiger charge is -2.36. The average molecular weight is 276 g/mol. The molecule has 1 saturated carbocycles. The Morgan fingerprint density at radius 2 is 1.95 bits per heavy atom. The quantitative estimate of drug-likeness (QED) is 0.748. The second-order valence-electron chi connectivity index (χ2n) is 7.51. The van der Waals surface area contributed by atoms with E-state index in [0.29, 0.717) is 24.2 Å². The molecule has 1 aromatic carbocycles. The predicted octanol–water partition coefficient (Wildman–Crippen LogP) is 5.08. The molecule has 20 heavy (non-hydrogen) atoms. The number of ether oxygens (including phenoxy) is 1. The molecule has 0 heterocycles. The van der Waals surface area contributed by atoms with Gasteiger partial charge >= 0.3 is 0 Å². The van der Waals surface area contributed by atoms with Crippen LogP contribution in [0.4, 0.5) is 4.39 Å². The zero-order valence-electron chi connectivity index (χ0n) is 12.8. The average Bonchev–Trinajstić information content (AvgIpc) is 3.19. The summed E-state index contributed by atoms with van der Waals surface area (Å²) < 4.78 is 20.0. The Balaban J connectivity index is 1.94. The molecule has 1 aromatic rings. The summed E-state index contributed by atoms with van der Waals surface area (Å²) in [4.78, 5) is 0. The van der Waals surface area contributed by atoms with E-state index < -0.39 is 0 Å². The summed E-state index contributed by atoms with van der Waals surface area (Å²) in [5.41, 5.74) is 2.67. The Morgan fingerprint density at radius 3 is 2.60 bits per heavy atom. The molecule has 2 aliphatic carbocycles. The number of halogens is 1. The molecule has 1 atom stereocenters. The highest BCUT2D eigenvalue weighted by Crippen LogP contribution is 2.46. The van der Waals surface area contributed by atoms with E-state index in [-0.39, 0.29) is 11.2 Å². The molecule has 0 spiro atoms. The normalized spacial score (nSPS) is 22.5. The van der Waals surface area contributed by atoms with Gasteiger partial charge in [-0.05, 0) is 61.0 Å². The van der Waals surface area contributed by atoms with Crippen molar-refractivity contribution in [3.05, 3.63) is 29.1 Å². The first-order valence-corrected chi connectivity index (χ1v) is 7.91. The molecule has 0 N–H and O–H groups in total. The molecule has 0 unspecified atom stereocenters. The summed E-state index contributed by atoms with van der Waals surface area (Å²) in [7, 11) is 0. The van der Waals surface area contributed by atoms with Crippen LogP contribution in [0.5, 0.6) is 5.75 Å². The second-order valence-corrected chi connectivity index (χ2v) is 7.51. The molecule has 0 amide bonds. The van der Waals surface area contributed by atoms with Gasteiger partial charge in [0.15, 0.2) is 11.6 Å². The van der Waals surface area contributed by atoms with Gasteiger partial charge in [0, 0.05) is 5.56 Å². The van der Waals surface area contributed by atoms with E-state index in [9.17, 15) is 4.39 Å². The van der Waals surface area contributed by atoms with Gasteiger partial charge in [-0.2, -0.15) is 0 Å². The Kier molecular flexibility index (Phi) is 3.51. The maximum absolute atomic E-state index is 14.1. The molecule has 0 aliphatic heterocycles.